The average Bonchev–Trinajstić information content (AvgIpc) is 2.31. The highest BCUT2D eigenvalue weighted by molar-refractivity contribution is 7.80. The van der Waals surface area contributed by atoms with Crippen molar-refractivity contribution in [1.29, 1.82) is 0 Å². The zero-order valence-corrected chi connectivity index (χ0v) is 9.83. The zero-order valence-electron chi connectivity index (χ0n) is 9.01. The van der Waals surface area contributed by atoms with E-state index in [1.165, 1.54) is 0 Å². The van der Waals surface area contributed by atoms with Crippen molar-refractivity contribution in [1.82, 2.24) is 15.7 Å². The van der Waals surface area contributed by atoms with Crippen LogP contribution in [-0.4, -0.2) is 36.6 Å². The Hall–Kier alpha value is -1.53. The summed E-state index contributed by atoms with van der Waals surface area (Å²) in [4.78, 5) is 4.08. The number of hydrogen-bond donors (Lipinski definition) is 2. The molecule has 0 aromatic carbocycles. The molecule has 1 aromatic heterocycles. The Balaban J connectivity index is 2.24. The maximum absolute atomic E-state index is 4.97. The number of thiocarbonyl (C=S) groups is 1. The minimum atomic E-state index is 0.462. The molecule has 6 heteroatoms. The first-order valence-corrected chi connectivity index (χ1v) is 5.20. The molecule has 1 heterocycles. The molecule has 2 N–H and O–H groups in total. The van der Waals surface area contributed by atoms with Crippen molar-refractivity contribution in [3.63, 3.8) is 0 Å². The minimum absolute atomic E-state index is 0.462. The molecule has 0 unspecified atom stereocenters. The van der Waals surface area contributed by atoms with Gasteiger partial charge in [0.05, 0.1) is 18.5 Å². The lowest BCUT2D eigenvalue weighted by Gasteiger charge is -2.05. The summed E-state index contributed by atoms with van der Waals surface area (Å²) < 4.78 is 4.87. The molecule has 0 aliphatic rings. The first-order valence-electron chi connectivity index (χ1n) is 4.80. The van der Waals surface area contributed by atoms with E-state index in [-0.39, 0.29) is 0 Å². The number of nitrogens with zero attached hydrogens (tertiary/aromatic N) is 2. The van der Waals surface area contributed by atoms with E-state index in [0.29, 0.717) is 18.3 Å². The van der Waals surface area contributed by atoms with E-state index in [1.807, 2.05) is 18.2 Å². The molecule has 0 amide bonds. The van der Waals surface area contributed by atoms with Gasteiger partial charge in [-0.1, -0.05) is 6.07 Å². The van der Waals surface area contributed by atoms with Gasteiger partial charge in [-0.2, -0.15) is 5.10 Å². The Bertz CT molecular complexity index is 342. The van der Waals surface area contributed by atoms with Crippen LogP contribution in [0.1, 0.15) is 5.69 Å². The summed E-state index contributed by atoms with van der Waals surface area (Å²) >= 11 is 4.97. The fourth-order valence-corrected chi connectivity index (χ4v) is 1.07. The molecule has 0 atom stereocenters. The summed E-state index contributed by atoms with van der Waals surface area (Å²) in [5.41, 5.74) is 3.46. The molecule has 0 saturated carbocycles. The summed E-state index contributed by atoms with van der Waals surface area (Å²) in [7, 11) is 1.64. The molecule has 5 nitrogen and oxygen atoms in total. The lowest BCUT2D eigenvalue weighted by Crippen LogP contribution is -2.34. The second kappa shape index (κ2) is 7.72. The molecule has 16 heavy (non-hydrogen) atoms. The van der Waals surface area contributed by atoms with E-state index in [4.69, 9.17) is 17.0 Å². The molecule has 86 valence electrons. The number of pyridine rings is 1. The van der Waals surface area contributed by atoms with Gasteiger partial charge in [-0.3, -0.25) is 10.4 Å². The van der Waals surface area contributed by atoms with Gasteiger partial charge in [-0.05, 0) is 24.4 Å². The lowest BCUT2D eigenvalue weighted by atomic mass is 10.4. The van der Waals surface area contributed by atoms with Crippen molar-refractivity contribution in [2.24, 2.45) is 5.10 Å². The third-order valence-electron chi connectivity index (χ3n) is 1.64. The minimum Gasteiger partial charge on any atom is -0.383 e. The molecule has 0 saturated heterocycles. The summed E-state index contributed by atoms with van der Waals surface area (Å²) in [6.07, 6.45) is 3.31. The Morgan fingerprint density at radius 2 is 2.50 bits per heavy atom. The topological polar surface area (TPSA) is 58.5 Å². The fraction of sp³-hybridized carbons (Fsp3) is 0.300. The van der Waals surface area contributed by atoms with Crippen LogP contribution in [0.2, 0.25) is 0 Å². The average molecular weight is 238 g/mol. The predicted octanol–water partition coefficient (Wildman–Crippen LogP) is 0.526. The highest BCUT2D eigenvalue weighted by Crippen LogP contribution is 1.87. The number of methoxy groups -OCH3 is 1. The van der Waals surface area contributed by atoms with Gasteiger partial charge in [-0.25, -0.2) is 0 Å². The van der Waals surface area contributed by atoms with Crippen LogP contribution in [0.25, 0.3) is 0 Å². The quantitative estimate of drug-likeness (QED) is 0.339. The third kappa shape index (κ3) is 5.38. The summed E-state index contributed by atoms with van der Waals surface area (Å²) in [5.74, 6) is 0. The van der Waals surface area contributed by atoms with Gasteiger partial charge in [0, 0.05) is 19.9 Å². The number of hydrazone groups is 1. The molecule has 1 rings (SSSR count). The monoisotopic (exact) mass is 238 g/mol. The van der Waals surface area contributed by atoms with Gasteiger partial charge < -0.3 is 10.1 Å². The molecule has 0 radical (unpaired) electrons. The molecule has 0 aliphatic heterocycles. The van der Waals surface area contributed by atoms with E-state index >= 15 is 0 Å². The number of ether oxygens (including phenoxy) is 1. The first-order chi connectivity index (χ1) is 7.83. The van der Waals surface area contributed by atoms with Crippen LogP contribution in [0.4, 0.5) is 0 Å². The Morgan fingerprint density at radius 1 is 1.62 bits per heavy atom. The van der Waals surface area contributed by atoms with Crippen LogP contribution in [0.5, 0.6) is 0 Å². The maximum atomic E-state index is 4.97. The number of hydrogen-bond acceptors (Lipinski definition) is 4. The molecule has 0 aliphatic carbocycles. The zero-order chi connectivity index (χ0) is 11.6. The van der Waals surface area contributed by atoms with Crippen LogP contribution in [-0.2, 0) is 4.74 Å². The van der Waals surface area contributed by atoms with Crippen molar-refractivity contribution in [3.8, 4) is 0 Å². The largest absolute Gasteiger partial charge is 0.383 e. The Labute approximate surface area is 99.9 Å². The molecular formula is C10H14N4OS. The highest BCUT2D eigenvalue weighted by atomic mass is 32.1. The van der Waals surface area contributed by atoms with Crippen LogP contribution in [0.15, 0.2) is 29.5 Å². The summed E-state index contributed by atoms with van der Waals surface area (Å²) in [5, 5.41) is 7.33. The van der Waals surface area contributed by atoms with Crippen molar-refractivity contribution < 1.29 is 4.74 Å². The van der Waals surface area contributed by atoms with Crippen molar-refractivity contribution in [2.75, 3.05) is 20.3 Å². The third-order valence-corrected chi connectivity index (χ3v) is 1.88. The Kier molecular flexibility index (Phi) is 6.05. The molecular weight excluding hydrogens is 224 g/mol. The van der Waals surface area contributed by atoms with E-state index in [9.17, 15) is 0 Å². The fourth-order valence-electron chi connectivity index (χ4n) is 0.916. The van der Waals surface area contributed by atoms with Crippen LogP contribution in [0.3, 0.4) is 0 Å². The second-order valence-electron chi connectivity index (χ2n) is 2.87. The Morgan fingerprint density at radius 3 is 3.19 bits per heavy atom. The second-order valence-corrected chi connectivity index (χ2v) is 3.28. The summed E-state index contributed by atoms with van der Waals surface area (Å²) in [6.45, 7) is 1.26. The molecule has 0 bridgehead atoms. The van der Waals surface area contributed by atoms with E-state index in [0.717, 1.165) is 5.69 Å². The van der Waals surface area contributed by atoms with E-state index in [2.05, 4.69) is 20.8 Å². The van der Waals surface area contributed by atoms with Crippen LogP contribution >= 0.6 is 12.2 Å². The van der Waals surface area contributed by atoms with Crippen molar-refractivity contribution in [3.05, 3.63) is 30.1 Å². The van der Waals surface area contributed by atoms with Gasteiger partial charge in [0.15, 0.2) is 5.11 Å². The number of aromatic nitrogens is 1. The molecule has 1 aromatic rings. The van der Waals surface area contributed by atoms with Crippen molar-refractivity contribution in [2.45, 2.75) is 0 Å². The standard InChI is InChI=1S/C10H14N4OS/c1-15-7-6-12-10(16)14-13-8-9-4-2-3-5-11-9/h2-5,8H,6-7H2,1H3,(H2,12,14,16). The molecule has 0 fully saturated rings. The van der Waals surface area contributed by atoms with E-state index in [1.54, 1.807) is 19.5 Å². The number of rotatable bonds is 5. The predicted molar refractivity (Wildman–Crippen MR) is 67.4 cm³/mol. The van der Waals surface area contributed by atoms with Gasteiger partial charge in [0.1, 0.15) is 0 Å². The SMILES string of the molecule is COCCNC(=S)NN=Cc1ccccn1. The first kappa shape index (κ1) is 12.5. The smallest absolute Gasteiger partial charge is 0.187 e. The van der Waals surface area contributed by atoms with Gasteiger partial charge in [0.2, 0.25) is 0 Å². The van der Waals surface area contributed by atoms with Gasteiger partial charge in [0.25, 0.3) is 0 Å². The van der Waals surface area contributed by atoms with Crippen LogP contribution < -0.4 is 10.7 Å². The van der Waals surface area contributed by atoms with Gasteiger partial charge in [-0.15, -0.1) is 0 Å². The number of nitrogens with one attached hydrogen (secondary N) is 2. The van der Waals surface area contributed by atoms with Crippen LogP contribution in [0, 0.1) is 0 Å². The normalized spacial score (nSPS) is 10.3. The van der Waals surface area contributed by atoms with Gasteiger partial charge >= 0.3 is 0 Å². The maximum Gasteiger partial charge on any atom is 0.187 e. The van der Waals surface area contributed by atoms with E-state index < -0.39 is 0 Å². The van der Waals surface area contributed by atoms with Crippen molar-refractivity contribution >= 4 is 23.5 Å². The highest BCUT2D eigenvalue weighted by Gasteiger charge is 1.91. The summed E-state index contributed by atoms with van der Waals surface area (Å²) in [6, 6.07) is 5.60. The molecule has 0 spiro atoms. The lowest BCUT2D eigenvalue weighted by molar-refractivity contribution is 0.204.